The molecule has 15 nitrogen and oxygen atoms in total. The van der Waals surface area contributed by atoms with Crippen LogP contribution in [0, 0.1) is 4.77 Å². The van der Waals surface area contributed by atoms with Crippen molar-refractivity contribution in [2.24, 2.45) is 0 Å². The van der Waals surface area contributed by atoms with Crippen LogP contribution in [0.3, 0.4) is 0 Å². The molecule has 0 saturated heterocycles. The van der Waals surface area contributed by atoms with Gasteiger partial charge in [0.05, 0.1) is 12.7 Å². The highest BCUT2D eigenvalue weighted by atomic mass is 32.1. The van der Waals surface area contributed by atoms with Crippen LogP contribution >= 0.6 is 35.7 Å². The molecule has 0 aliphatic heterocycles. The van der Waals surface area contributed by atoms with Gasteiger partial charge in [0.1, 0.15) is 12.3 Å². The number of nitrogens with one attached hydrogen (secondary N) is 1. The molecule has 3 unspecified atom stereocenters. The lowest BCUT2D eigenvalue weighted by Gasteiger charge is -2.26. The lowest BCUT2D eigenvalue weighted by molar-refractivity contribution is -0.111. The average molecular weight is 500 g/mol. The average Bonchev–Trinajstić information content (AvgIpc) is 2.47. The minimum Gasteiger partial charge on any atom is -0.391 e. The fourth-order valence-corrected chi connectivity index (χ4v) is 5.14. The van der Waals surface area contributed by atoms with E-state index >= 15 is 0 Å². The molecule has 0 aromatic carbocycles. The second-order valence-electron chi connectivity index (χ2n) is 5.42. The monoisotopic (exact) mass is 500 g/mol. The van der Waals surface area contributed by atoms with Crippen molar-refractivity contribution in [2.45, 2.75) is 32.3 Å². The van der Waals surface area contributed by atoms with Gasteiger partial charge in [0.15, 0.2) is 4.77 Å². The van der Waals surface area contributed by atoms with Crippen molar-refractivity contribution in [2.75, 3.05) is 6.61 Å². The Bertz CT molecular complexity index is 955. The first-order valence-electron chi connectivity index (χ1n) is 7.45. The molecular formula is C10H19N2O13P3S. The number of hydrogen-bond acceptors (Lipinski definition) is 10. The fourth-order valence-electron chi connectivity index (χ4n) is 1.80. The molecule has 1 aromatic rings. The number of aliphatic hydroxyl groups excluding tert-OH is 1. The molecule has 168 valence electrons. The van der Waals surface area contributed by atoms with Crippen molar-refractivity contribution in [3.05, 3.63) is 27.4 Å². The van der Waals surface area contributed by atoms with Crippen molar-refractivity contribution < 1.29 is 56.3 Å². The van der Waals surface area contributed by atoms with Crippen molar-refractivity contribution in [1.29, 1.82) is 0 Å². The molecule has 5 atom stereocenters. The zero-order valence-electron chi connectivity index (χ0n) is 14.8. The van der Waals surface area contributed by atoms with E-state index < -0.39 is 54.1 Å². The number of aromatic nitrogens is 2. The fraction of sp³-hybridized carbons (Fsp3) is 0.600. The number of ether oxygens (including phenoxy) is 1. The quantitative estimate of drug-likeness (QED) is 0.180. The van der Waals surface area contributed by atoms with E-state index in [0.717, 1.165) is 6.07 Å². The Hall–Kier alpha value is -0.570. The van der Waals surface area contributed by atoms with E-state index in [1.54, 1.807) is 0 Å². The zero-order chi connectivity index (χ0) is 22.6. The van der Waals surface area contributed by atoms with E-state index in [2.05, 4.69) is 18.1 Å². The van der Waals surface area contributed by atoms with Crippen molar-refractivity contribution >= 4 is 35.7 Å². The van der Waals surface area contributed by atoms with E-state index in [0.29, 0.717) is 0 Å². The van der Waals surface area contributed by atoms with Gasteiger partial charge in [-0.2, -0.15) is 8.62 Å². The van der Waals surface area contributed by atoms with Crippen LogP contribution in [0.5, 0.6) is 0 Å². The van der Waals surface area contributed by atoms with Crippen LogP contribution in [-0.4, -0.2) is 53.0 Å². The smallest absolute Gasteiger partial charge is 0.391 e. The third-order valence-corrected chi connectivity index (χ3v) is 7.09. The first kappa shape index (κ1) is 26.5. The van der Waals surface area contributed by atoms with E-state index in [4.69, 9.17) is 31.6 Å². The second-order valence-corrected chi connectivity index (χ2v) is 10.2. The molecule has 0 fully saturated rings. The van der Waals surface area contributed by atoms with Gasteiger partial charge in [0, 0.05) is 12.3 Å². The van der Waals surface area contributed by atoms with Crippen LogP contribution in [-0.2, 0) is 31.6 Å². The standard InChI is InChI=1S/C10H19N2O13P3S/c1-6(13)8(23-7(2)12-4-3-9(14)11-10(12)29)5-22-27(18,19)25-28(20,21)24-26(15,16)17/h3-4,6-8,13H,5H2,1-2H3,(H,18,19)(H,20,21)(H,11,14,29)(H2,15,16,17)/t6-,7-,8?/m1/s1. The number of H-pyrrole nitrogens is 1. The van der Waals surface area contributed by atoms with Gasteiger partial charge in [-0.25, -0.2) is 13.7 Å². The topological polar surface area (TPSA) is 227 Å². The molecule has 1 heterocycles. The molecule has 1 rings (SSSR count). The maximum Gasteiger partial charge on any atom is 0.490 e. The normalized spacial score (nSPS) is 19.7. The predicted octanol–water partition coefficient (Wildman–Crippen LogP) is 0.534. The summed E-state index contributed by atoms with van der Waals surface area (Å²) in [5.41, 5.74) is -0.460. The van der Waals surface area contributed by atoms with Gasteiger partial charge in [-0.1, -0.05) is 0 Å². The molecule has 0 aliphatic rings. The Labute approximate surface area is 168 Å². The minimum absolute atomic E-state index is 0.0118. The molecular weight excluding hydrogens is 481 g/mol. The van der Waals surface area contributed by atoms with E-state index in [9.17, 15) is 28.5 Å². The van der Waals surface area contributed by atoms with Gasteiger partial charge in [0.25, 0.3) is 5.56 Å². The number of aromatic amines is 1. The Morgan fingerprint density at radius 3 is 2.21 bits per heavy atom. The summed E-state index contributed by atoms with van der Waals surface area (Å²) >= 11 is 4.95. The predicted molar refractivity (Wildman–Crippen MR) is 97.0 cm³/mol. The maximum atomic E-state index is 11.7. The molecule has 0 bridgehead atoms. The van der Waals surface area contributed by atoms with E-state index in [-0.39, 0.29) is 4.77 Å². The molecule has 6 N–H and O–H groups in total. The summed E-state index contributed by atoms with van der Waals surface area (Å²) in [6.07, 6.45) is -2.19. The van der Waals surface area contributed by atoms with Crippen molar-refractivity contribution in [3.63, 3.8) is 0 Å². The van der Waals surface area contributed by atoms with Crippen LogP contribution in [0.4, 0.5) is 0 Å². The number of phosphoric acid groups is 3. The number of hydrogen-bond donors (Lipinski definition) is 6. The molecule has 0 saturated carbocycles. The van der Waals surface area contributed by atoms with Gasteiger partial charge in [-0.05, 0) is 26.1 Å². The summed E-state index contributed by atoms with van der Waals surface area (Å²) in [5.74, 6) is 0. The SMILES string of the molecule is C[C@@H](O)C(COP(=O)(O)OP(=O)(O)OP(=O)(O)O)O[C@H](C)n1ccc(=O)[nH]c1=S. The lowest BCUT2D eigenvalue weighted by atomic mass is 10.2. The number of aliphatic hydroxyl groups is 1. The highest BCUT2D eigenvalue weighted by Crippen LogP contribution is 2.66. The molecule has 19 heteroatoms. The van der Waals surface area contributed by atoms with Gasteiger partial charge in [0.2, 0.25) is 0 Å². The summed E-state index contributed by atoms with van der Waals surface area (Å²) < 4.78 is 51.9. The van der Waals surface area contributed by atoms with Crippen molar-refractivity contribution in [1.82, 2.24) is 9.55 Å². The Kier molecular flexibility index (Phi) is 9.27. The minimum atomic E-state index is -5.66. The van der Waals surface area contributed by atoms with E-state index in [1.807, 2.05) is 0 Å². The number of phosphoric ester groups is 1. The summed E-state index contributed by atoms with van der Waals surface area (Å²) in [4.78, 5) is 49.0. The first-order valence-corrected chi connectivity index (χ1v) is 12.4. The first-order chi connectivity index (χ1) is 13.0. The van der Waals surface area contributed by atoms with Crippen LogP contribution in [0.1, 0.15) is 20.1 Å². The van der Waals surface area contributed by atoms with Crippen LogP contribution in [0.25, 0.3) is 0 Å². The van der Waals surface area contributed by atoms with E-state index in [1.165, 1.54) is 24.6 Å². The Morgan fingerprint density at radius 2 is 1.72 bits per heavy atom. The highest BCUT2D eigenvalue weighted by Gasteiger charge is 2.41. The third-order valence-electron chi connectivity index (χ3n) is 2.97. The van der Waals surface area contributed by atoms with Gasteiger partial charge in [-0.15, -0.1) is 0 Å². The Morgan fingerprint density at radius 1 is 1.14 bits per heavy atom. The summed E-state index contributed by atoms with van der Waals surface area (Å²) in [6, 6.07) is 1.15. The highest BCUT2D eigenvalue weighted by molar-refractivity contribution is 7.71. The summed E-state index contributed by atoms with van der Waals surface area (Å²) in [7, 11) is -16.6. The van der Waals surface area contributed by atoms with Crippen LogP contribution in [0.15, 0.2) is 17.1 Å². The third kappa shape index (κ3) is 9.85. The molecule has 29 heavy (non-hydrogen) atoms. The van der Waals surface area contributed by atoms with Gasteiger partial charge in [-0.3, -0.25) is 18.9 Å². The summed E-state index contributed by atoms with van der Waals surface area (Å²) in [5, 5.41) is 9.76. The largest absolute Gasteiger partial charge is 0.490 e. The molecule has 0 aliphatic carbocycles. The Balaban J connectivity index is 2.82. The van der Waals surface area contributed by atoms with Gasteiger partial charge < -0.3 is 29.4 Å². The number of nitrogens with zero attached hydrogens (tertiary/aromatic N) is 1. The van der Waals surface area contributed by atoms with Crippen molar-refractivity contribution in [3.8, 4) is 0 Å². The van der Waals surface area contributed by atoms with Gasteiger partial charge >= 0.3 is 23.5 Å². The molecule has 0 spiro atoms. The lowest BCUT2D eigenvalue weighted by Crippen LogP contribution is -2.33. The molecule has 0 amide bonds. The maximum absolute atomic E-state index is 11.7. The second kappa shape index (κ2) is 10.2. The number of rotatable bonds is 11. The zero-order valence-corrected chi connectivity index (χ0v) is 18.3. The summed E-state index contributed by atoms with van der Waals surface area (Å²) in [6.45, 7) is 1.85. The molecule has 0 radical (unpaired) electrons. The van der Waals surface area contributed by atoms with Crippen LogP contribution in [0.2, 0.25) is 0 Å². The van der Waals surface area contributed by atoms with Crippen LogP contribution < -0.4 is 5.56 Å². The molecule has 1 aromatic heterocycles.